The van der Waals surface area contributed by atoms with Gasteiger partial charge in [-0.25, -0.2) is 9.59 Å². The molecular weight excluding hydrogens is 372 g/mol. The van der Waals surface area contributed by atoms with Crippen LogP contribution in [0.25, 0.3) is 0 Å². The van der Waals surface area contributed by atoms with Gasteiger partial charge in [-0.05, 0) is 24.3 Å². The van der Waals surface area contributed by atoms with Crippen LogP contribution < -0.4 is 0 Å². The van der Waals surface area contributed by atoms with Crippen molar-refractivity contribution in [2.24, 2.45) is 5.92 Å². The molecule has 1 aliphatic heterocycles. The van der Waals surface area contributed by atoms with Crippen molar-refractivity contribution in [3.05, 3.63) is 84.4 Å². The third-order valence-electron chi connectivity index (χ3n) is 4.56. The lowest BCUT2D eigenvalue weighted by Crippen LogP contribution is -2.54. The quantitative estimate of drug-likeness (QED) is 0.526. The molecule has 4 unspecified atom stereocenters. The van der Waals surface area contributed by atoms with Crippen molar-refractivity contribution >= 4 is 11.9 Å². The smallest absolute Gasteiger partial charge is 0.338 e. The highest BCUT2D eigenvalue weighted by atomic mass is 16.7. The van der Waals surface area contributed by atoms with E-state index in [1.54, 1.807) is 54.6 Å². The zero-order valence-electron chi connectivity index (χ0n) is 16.2. The normalized spacial score (nSPS) is 23.8. The molecule has 0 bridgehead atoms. The Morgan fingerprint density at radius 2 is 1.48 bits per heavy atom. The molecule has 0 saturated carbocycles. The van der Waals surface area contributed by atoms with E-state index in [1.807, 2.05) is 19.1 Å². The lowest BCUT2D eigenvalue weighted by Gasteiger charge is -2.39. The monoisotopic (exact) mass is 396 g/mol. The highest BCUT2D eigenvalue weighted by Gasteiger charge is 2.44. The van der Waals surface area contributed by atoms with Crippen LogP contribution >= 0.6 is 0 Å². The van der Waals surface area contributed by atoms with Gasteiger partial charge in [0.25, 0.3) is 0 Å². The first kappa shape index (κ1) is 20.8. The molecule has 2 aromatic carbocycles. The minimum absolute atomic E-state index is 0.195. The van der Waals surface area contributed by atoms with Gasteiger partial charge in [0, 0.05) is 5.92 Å². The summed E-state index contributed by atoms with van der Waals surface area (Å²) in [6, 6.07) is 17.3. The number of hydrogen-bond acceptors (Lipinski definition) is 6. The molecule has 1 fully saturated rings. The van der Waals surface area contributed by atoms with Gasteiger partial charge in [-0.3, -0.25) is 0 Å². The third-order valence-corrected chi connectivity index (χ3v) is 4.56. The third kappa shape index (κ3) is 5.31. The highest BCUT2D eigenvalue weighted by molar-refractivity contribution is 5.90. The summed E-state index contributed by atoms with van der Waals surface area (Å²) in [6.45, 7) is 6.00. The number of esters is 2. The second-order valence-electron chi connectivity index (χ2n) is 6.77. The molecule has 0 spiro atoms. The van der Waals surface area contributed by atoms with Gasteiger partial charge >= 0.3 is 11.9 Å². The van der Waals surface area contributed by atoms with E-state index in [9.17, 15) is 9.59 Å². The molecular formula is C23H24O6. The van der Waals surface area contributed by atoms with Crippen LogP contribution in [0.4, 0.5) is 0 Å². The van der Waals surface area contributed by atoms with Crippen molar-refractivity contribution in [2.75, 3.05) is 13.2 Å². The molecule has 0 amide bonds. The Kier molecular flexibility index (Phi) is 7.16. The number of hydrogen-bond donors (Lipinski definition) is 0. The summed E-state index contributed by atoms with van der Waals surface area (Å²) >= 11 is 0. The minimum Gasteiger partial charge on any atom is -0.454 e. The average molecular weight is 396 g/mol. The predicted octanol–water partition coefficient (Wildman–Crippen LogP) is 3.63. The second-order valence-corrected chi connectivity index (χ2v) is 6.77. The van der Waals surface area contributed by atoms with Crippen LogP contribution in [0.15, 0.2) is 73.3 Å². The Morgan fingerprint density at radius 1 is 0.966 bits per heavy atom. The van der Waals surface area contributed by atoms with Crippen molar-refractivity contribution in [1.29, 1.82) is 0 Å². The van der Waals surface area contributed by atoms with E-state index >= 15 is 0 Å². The van der Waals surface area contributed by atoms with E-state index in [1.165, 1.54) is 0 Å². The zero-order valence-corrected chi connectivity index (χ0v) is 16.2. The summed E-state index contributed by atoms with van der Waals surface area (Å²) in [6.07, 6.45) is -0.939. The fourth-order valence-electron chi connectivity index (χ4n) is 3.06. The molecule has 6 nitrogen and oxygen atoms in total. The van der Waals surface area contributed by atoms with Gasteiger partial charge in [0.15, 0.2) is 12.4 Å². The van der Waals surface area contributed by atoms with E-state index in [4.69, 9.17) is 18.9 Å². The average Bonchev–Trinajstić information content (AvgIpc) is 2.76. The van der Waals surface area contributed by atoms with Gasteiger partial charge in [-0.15, -0.1) is 6.58 Å². The Bertz CT molecular complexity index is 820. The molecule has 152 valence electrons. The van der Waals surface area contributed by atoms with E-state index < -0.39 is 30.4 Å². The molecule has 6 heteroatoms. The molecule has 0 aromatic heterocycles. The molecule has 29 heavy (non-hydrogen) atoms. The SMILES string of the molecule is C=CCOC1OCC(C)C(OC(=O)c2ccccc2)C1OC(=O)c1ccccc1. The van der Waals surface area contributed by atoms with Gasteiger partial charge in [-0.1, -0.05) is 49.4 Å². The molecule has 4 atom stereocenters. The van der Waals surface area contributed by atoms with Crippen LogP contribution in [0.1, 0.15) is 27.6 Å². The fraction of sp³-hybridized carbons (Fsp3) is 0.304. The van der Waals surface area contributed by atoms with Gasteiger partial charge in [-0.2, -0.15) is 0 Å². The maximum absolute atomic E-state index is 12.6. The first-order valence-corrected chi connectivity index (χ1v) is 9.46. The summed E-state index contributed by atoms with van der Waals surface area (Å²) in [5.41, 5.74) is 0.809. The highest BCUT2D eigenvalue weighted by Crippen LogP contribution is 2.28. The maximum atomic E-state index is 12.6. The Labute approximate surface area is 170 Å². The number of rotatable bonds is 7. The molecule has 1 heterocycles. The topological polar surface area (TPSA) is 71.1 Å². The van der Waals surface area contributed by atoms with E-state index in [0.717, 1.165) is 0 Å². The van der Waals surface area contributed by atoms with Gasteiger partial charge in [0.05, 0.1) is 24.3 Å². The minimum atomic E-state index is -0.918. The van der Waals surface area contributed by atoms with Gasteiger partial charge in [0.2, 0.25) is 0 Å². The molecule has 0 radical (unpaired) electrons. The fourth-order valence-corrected chi connectivity index (χ4v) is 3.06. The largest absolute Gasteiger partial charge is 0.454 e. The molecule has 1 saturated heterocycles. The van der Waals surface area contributed by atoms with Crippen molar-refractivity contribution in [2.45, 2.75) is 25.4 Å². The van der Waals surface area contributed by atoms with E-state index in [0.29, 0.717) is 17.7 Å². The molecule has 0 N–H and O–H groups in total. The summed E-state index contributed by atoms with van der Waals surface area (Å²) in [4.78, 5) is 25.3. The van der Waals surface area contributed by atoms with Crippen molar-refractivity contribution < 1.29 is 28.5 Å². The van der Waals surface area contributed by atoms with Crippen molar-refractivity contribution in [3.8, 4) is 0 Å². The van der Waals surface area contributed by atoms with Crippen LogP contribution in [0.2, 0.25) is 0 Å². The van der Waals surface area contributed by atoms with Crippen molar-refractivity contribution in [3.63, 3.8) is 0 Å². The van der Waals surface area contributed by atoms with Gasteiger partial charge in [0.1, 0.15) is 6.10 Å². The van der Waals surface area contributed by atoms with Crippen LogP contribution in [-0.4, -0.2) is 43.7 Å². The molecule has 0 aliphatic carbocycles. The number of carbonyl (C=O) groups is 2. The Balaban J connectivity index is 1.81. The number of benzene rings is 2. The molecule has 3 rings (SSSR count). The predicted molar refractivity (Wildman–Crippen MR) is 106 cm³/mol. The standard InChI is InChI=1S/C23H24O6/c1-3-14-26-23-20(29-22(25)18-12-8-5-9-13-18)19(16(2)15-27-23)28-21(24)17-10-6-4-7-11-17/h3-13,16,19-20,23H,1,14-15H2,2H3. The van der Waals surface area contributed by atoms with Crippen LogP contribution in [0, 0.1) is 5.92 Å². The lowest BCUT2D eigenvalue weighted by atomic mass is 9.96. The number of ether oxygens (including phenoxy) is 4. The van der Waals surface area contributed by atoms with Gasteiger partial charge < -0.3 is 18.9 Å². The van der Waals surface area contributed by atoms with Crippen LogP contribution in [-0.2, 0) is 18.9 Å². The zero-order chi connectivity index (χ0) is 20.6. The number of carbonyl (C=O) groups excluding carboxylic acids is 2. The lowest BCUT2D eigenvalue weighted by molar-refractivity contribution is -0.252. The first-order chi connectivity index (χ1) is 14.1. The summed E-state index contributed by atoms with van der Waals surface area (Å²) in [5, 5.41) is 0. The summed E-state index contributed by atoms with van der Waals surface area (Å²) < 4.78 is 22.8. The second kappa shape index (κ2) is 10.0. The Hall–Kier alpha value is -2.96. The van der Waals surface area contributed by atoms with Crippen molar-refractivity contribution in [1.82, 2.24) is 0 Å². The Morgan fingerprint density at radius 3 is 2.00 bits per heavy atom. The van der Waals surface area contributed by atoms with E-state index in [-0.39, 0.29) is 12.5 Å². The summed E-state index contributed by atoms with van der Waals surface area (Å²) in [5.74, 6) is -1.23. The summed E-state index contributed by atoms with van der Waals surface area (Å²) in [7, 11) is 0. The molecule has 2 aromatic rings. The van der Waals surface area contributed by atoms with Crippen LogP contribution in [0.5, 0.6) is 0 Å². The van der Waals surface area contributed by atoms with Crippen LogP contribution in [0.3, 0.4) is 0 Å². The molecule has 1 aliphatic rings. The van der Waals surface area contributed by atoms with E-state index in [2.05, 4.69) is 6.58 Å². The first-order valence-electron chi connectivity index (χ1n) is 9.46. The maximum Gasteiger partial charge on any atom is 0.338 e.